The molecule has 0 aliphatic carbocycles. The highest BCUT2D eigenvalue weighted by Gasteiger charge is 2.28. The first kappa shape index (κ1) is 22.1. The number of piperidine rings is 1. The monoisotopic (exact) mass is 479 g/mol. The summed E-state index contributed by atoms with van der Waals surface area (Å²) in [7, 11) is -3.85. The molecule has 1 unspecified atom stereocenters. The first-order valence-corrected chi connectivity index (χ1v) is 12.5. The molecule has 9 nitrogen and oxygen atoms in total. The summed E-state index contributed by atoms with van der Waals surface area (Å²) in [6.45, 7) is 3.63. The molecule has 5 rings (SSSR count). The molecule has 2 aliphatic rings. The van der Waals surface area contributed by atoms with Gasteiger partial charge < -0.3 is 15.4 Å². The average molecular weight is 480 g/mol. The van der Waals surface area contributed by atoms with Crippen LogP contribution in [-0.2, 0) is 10.2 Å². The summed E-state index contributed by atoms with van der Waals surface area (Å²) >= 11 is 0. The lowest BCUT2D eigenvalue weighted by Gasteiger charge is -2.33. The number of amides is 1. The van der Waals surface area contributed by atoms with Crippen molar-refractivity contribution in [1.82, 2.24) is 9.88 Å². The summed E-state index contributed by atoms with van der Waals surface area (Å²) < 4.78 is 35.6. The van der Waals surface area contributed by atoms with Crippen LogP contribution < -0.4 is 15.2 Å². The van der Waals surface area contributed by atoms with Crippen LogP contribution in [0.2, 0.25) is 0 Å². The van der Waals surface area contributed by atoms with Crippen LogP contribution in [-0.4, -0.2) is 49.7 Å². The second-order valence-corrected chi connectivity index (χ2v) is 10.0. The topological polar surface area (TPSA) is 127 Å². The van der Waals surface area contributed by atoms with Crippen molar-refractivity contribution < 1.29 is 17.9 Å². The molecule has 0 bridgehead atoms. The Hall–Kier alpha value is -3.66. The van der Waals surface area contributed by atoms with Gasteiger partial charge in [0.25, 0.3) is 5.91 Å². The van der Waals surface area contributed by atoms with Gasteiger partial charge in [-0.2, -0.15) is 8.42 Å². The SMILES string of the molecule is Cc1ccc2nccc(C(=O)N3CCCC(COc4cccc5c4C(N)=NS(=O)(=O)N5)C3)c2c1. The van der Waals surface area contributed by atoms with Gasteiger partial charge in [0.15, 0.2) is 5.84 Å². The molecule has 2 aromatic carbocycles. The van der Waals surface area contributed by atoms with Crippen LogP contribution in [0.25, 0.3) is 10.9 Å². The number of pyridine rings is 1. The number of fused-ring (bicyclic) bond motifs is 2. The molecule has 3 aromatic rings. The molecular formula is C24H25N5O4S. The molecule has 1 fully saturated rings. The van der Waals surface area contributed by atoms with Crippen molar-refractivity contribution in [2.75, 3.05) is 24.4 Å². The zero-order chi connectivity index (χ0) is 23.9. The Morgan fingerprint density at radius 1 is 1.26 bits per heavy atom. The predicted octanol–water partition coefficient (Wildman–Crippen LogP) is 2.85. The highest BCUT2D eigenvalue weighted by atomic mass is 32.2. The normalized spacial score (nSPS) is 19.1. The lowest BCUT2D eigenvalue weighted by atomic mass is 9.97. The molecular weight excluding hydrogens is 454 g/mol. The number of rotatable bonds is 4. The Labute approximate surface area is 197 Å². The maximum Gasteiger partial charge on any atom is 0.344 e. The van der Waals surface area contributed by atoms with E-state index in [9.17, 15) is 13.2 Å². The average Bonchev–Trinajstić information content (AvgIpc) is 2.81. The molecule has 10 heteroatoms. The Kier molecular flexibility index (Phi) is 5.60. The van der Waals surface area contributed by atoms with Crippen LogP contribution in [0, 0.1) is 12.8 Å². The van der Waals surface area contributed by atoms with Crippen molar-refractivity contribution >= 4 is 38.5 Å². The van der Waals surface area contributed by atoms with Crippen LogP contribution in [0.3, 0.4) is 0 Å². The van der Waals surface area contributed by atoms with E-state index in [1.54, 1.807) is 30.5 Å². The summed E-state index contributed by atoms with van der Waals surface area (Å²) in [5.74, 6) is 0.470. The quantitative estimate of drug-likeness (QED) is 0.592. The van der Waals surface area contributed by atoms with E-state index < -0.39 is 10.2 Å². The van der Waals surface area contributed by atoms with Gasteiger partial charge in [-0.1, -0.05) is 17.7 Å². The lowest BCUT2D eigenvalue weighted by Crippen LogP contribution is -2.41. The van der Waals surface area contributed by atoms with Gasteiger partial charge in [0.05, 0.1) is 28.9 Å². The third kappa shape index (κ3) is 4.28. The minimum atomic E-state index is -3.85. The van der Waals surface area contributed by atoms with Gasteiger partial charge in [0, 0.05) is 30.6 Å². The number of nitrogens with one attached hydrogen (secondary N) is 1. The van der Waals surface area contributed by atoms with Crippen LogP contribution in [0.1, 0.15) is 34.3 Å². The van der Waals surface area contributed by atoms with Crippen molar-refractivity contribution in [2.45, 2.75) is 19.8 Å². The van der Waals surface area contributed by atoms with E-state index in [2.05, 4.69) is 14.1 Å². The van der Waals surface area contributed by atoms with Gasteiger partial charge >= 0.3 is 10.2 Å². The Bertz CT molecular complexity index is 1420. The molecule has 2 aliphatic heterocycles. The van der Waals surface area contributed by atoms with Crippen LogP contribution in [0.5, 0.6) is 5.75 Å². The Balaban J connectivity index is 1.31. The van der Waals surface area contributed by atoms with Gasteiger partial charge in [0.1, 0.15) is 5.75 Å². The van der Waals surface area contributed by atoms with E-state index in [1.807, 2.05) is 30.0 Å². The lowest BCUT2D eigenvalue weighted by molar-refractivity contribution is 0.0635. The number of benzene rings is 2. The zero-order valence-electron chi connectivity index (χ0n) is 18.7. The number of anilines is 1. The predicted molar refractivity (Wildman–Crippen MR) is 130 cm³/mol. The van der Waals surface area contributed by atoms with Crippen LogP contribution in [0.15, 0.2) is 53.1 Å². The number of nitrogens with zero attached hydrogens (tertiary/aromatic N) is 3. The second kappa shape index (κ2) is 8.60. The van der Waals surface area contributed by atoms with E-state index >= 15 is 0 Å². The number of carbonyl (C=O) groups excluding carboxylic acids is 1. The van der Waals surface area contributed by atoms with Gasteiger partial charge in [0.2, 0.25) is 0 Å². The summed E-state index contributed by atoms with van der Waals surface area (Å²) in [5, 5.41) is 0.860. The zero-order valence-corrected chi connectivity index (χ0v) is 19.5. The molecule has 0 spiro atoms. The van der Waals surface area contributed by atoms with Gasteiger partial charge in [-0.05, 0) is 50.1 Å². The number of nitrogens with two attached hydrogens (primary N) is 1. The minimum absolute atomic E-state index is 0.00873. The van der Waals surface area contributed by atoms with Gasteiger partial charge in [-0.3, -0.25) is 14.5 Å². The molecule has 1 atom stereocenters. The van der Waals surface area contributed by atoms with Crippen molar-refractivity contribution in [3.05, 3.63) is 65.4 Å². The van der Waals surface area contributed by atoms with Crippen molar-refractivity contribution in [1.29, 1.82) is 0 Å². The molecule has 1 amide bonds. The first-order chi connectivity index (χ1) is 16.3. The number of likely N-dealkylation sites (tertiary alicyclic amines) is 1. The number of aryl methyl sites for hydroxylation is 1. The van der Waals surface area contributed by atoms with E-state index in [0.717, 1.165) is 29.3 Å². The molecule has 3 heterocycles. The van der Waals surface area contributed by atoms with Crippen molar-refractivity contribution in [3.8, 4) is 5.75 Å². The molecule has 0 radical (unpaired) electrons. The van der Waals surface area contributed by atoms with Crippen LogP contribution >= 0.6 is 0 Å². The third-order valence-corrected chi connectivity index (χ3v) is 7.06. The molecule has 1 aromatic heterocycles. The van der Waals surface area contributed by atoms with E-state index in [-0.39, 0.29) is 17.7 Å². The first-order valence-electron chi connectivity index (χ1n) is 11.1. The number of hydrogen-bond acceptors (Lipinski definition) is 6. The summed E-state index contributed by atoms with van der Waals surface area (Å²) in [5.41, 5.74) is 9.21. The Morgan fingerprint density at radius 3 is 2.97 bits per heavy atom. The fourth-order valence-electron chi connectivity index (χ4n) is 4.55. The maximum absolute atomic E-state index is 13.4. The second-order valence-electron chi connectivity index (χ2n) is 8.68. The number of carbonyl (C=O) groups is 1. The number of amidine groups is 1. The maximum atomic E-state index is 13.4. The molecule has 176 valence electrons. The number of ether oxygens (including phenoxy) is 1. The van der Waals surface area contributed by atoms with Crippen molar-refractivity contribution in [2.24, 2.45) is 16.0 Å². The molecule has 34 heavy (non-hydrogen) atoms. The summed E-state index contributed by atoms with van der Waals surface area (Å²) in [6.07, 6.45) is 3.47. The molecule has 0 saturated carbocycles. The Morgan fingerprint density at radius 2 is 2.12 bits per heavy atom. The fraction of sp³-hybridized carbons (Fsp3) is 0.292. The smallest absolute Gasteiger partial charge is 0.344 e. The highest BCUT2D eigenvalue weighted by molar-refractivity contribution is 7.91. The summed E-state index contributed by atoms with van der Waals surface area (Å²) in [4.78, 5) is 19.7. The third-order valence-electron chi connectivity index (χ3n) is 6.15. The van der Waals surface area contributed by atoms with Crippen LogP contribution in [0.4, 0.5) is 5.69 Å². The standard InChI is InChI=1S/C24H25N5O4S/c1-15-7-8-19-18(12-15)17(9-10-26-19)24(30)29-11-3-4-16(13-29)14-33-21-6-2-5-20-22(21)23(25)28-34(31,32)27-20/h2,5-10,12,16,27H,3-4,11,13-14H2,1H3,(H2,25,28). The van der Waals surface area contributed by atoms with Crippen molar-refractivity contribution in [3.63, 3.8) is 0 Å². The van der Waals surface area contributed by atoms with E-state index in [4.69, 9.17) is 10.5 Å². The molecule has 3 N–H and O–H groups in total. The number of aromatic nitrogens is 1. The number of hydrogen-bond donors (Lipinski definition) is 2. The van der Waals surface area contributed by atoms with Gasteiger partial charge in [-0.15, -0.1) is 4.40 Å². The van der Waals surface area contributed by atoms with E-state index in [0.29, 0.717) is 42.3 Å². The largest absolute Gasteiger partial charge is 0.492 e. The summed E-state index contributed by atoms with van der Waals surface area (Å²) in [6, 6.07) is 12.7. The fourth-order valence-corrected chi connectivity index (χ4v) is 5.39. The molecule has 1 saturated heterocycles. The van der Waals surface area contributed by atoms with Gasteiger partial charge in [-0.25, -0.2) is 0 Å². The van der Waals surface area contributed by atoms with E-state index in [1.165, 1.54) is 0 Å². The minimum Gasteiger partial charge on any atom is -0.492 e. The highest BCUT2D eigenvalue weighted by Crippen LogP contribution is 2.31.